The summed E-state index contributed by atoms with van der Waals surface area (Å²) in [5.41, 5.74) is 5.43. The molecule has 2 atom stereocenters. The summed E-state index contributed by atoms with van der Waals surface area (Å²) in [4.78, 5) is 23.7. The van der Waals surface area contributed by atoms with Gasteiger partial charge in [-0.15, -0.1) is 5.10 Å². The first-order valence-electron chi connectivity index (χ1n) is 8.50. The minimum Gasteiger partial charge on any atom is -0.475 e. The summed E-state index contributed by atoms with van der Waals surface area (Å²) in [5.74, 6) is -1.55. The number of amides is 1. The molecule has 1 aliphatic carbocycles. The van der Waals surface area contributed by atoms with Gasteiger partial charge in [0.25, 0.3) is 5.91 Å². The van der Waals surface area contributed by atoms with E-state index in [1.165, 1.54) is 5.01 Å². The van der Waals surface area contributed by atoms with Crippen molar-refractivity contribution in [3.05, 3.63) is 0 Å². The molecular weight excluding hydrogens is 326 g/mol. The molecule has 8 heteroatoms. The molecule has 1 aliphatic heterocycles. The Hall–Kier alpha value is -1.41. The van der Waals surface area contributed by atoms with Gasteiger partial charge in [0.2, 0.25) is 5.84 Å². The Kier molecular flexibility index (Phi) is 5.10. The second-order valence-electron chi connectivity index (χ2n) is 8.41. The zero-order chi connectivity index (χ0) is 18.3. The molecule has 2 fully saturated rings. The molecule has 2 aliphatic rings. The van der Waals surface area contributed by atoms with E-state index in [0.29, 0.717) is 12.3 Å². The Morgan fingerprint density at radius 2 is 2.00 bits per heavy atom. The predicted molar refractivity (Wildman–Crippen MR) is 93.9 cm³/mol. The van der Waals surface area contributed by atoms with Gasteiger partial charge in [-0.25, -0.2) is 9.80 Å². The van der Waals surface area contributed by atoms with Crippen molar-refractivity contribution in [2.45, 2.75) is 76.7 Å². The summed E-state index contributed by atoms with van der Waals surface area (Å²) < 4.78 is 6.27. The summed E-state index contributed by atoms with van der Waals surface area (Å²) in [6.45, 7) is 10.6. The van der Waals surface area contributed by atoms with E-state index < -0.39 is 26.2 Å². The number of carboxylic acids is 1. The Morgan fingerprint density at radius 1 is 1.42 bits per heavy atom. The lowest BCUT2D eigenvalue weighted by atomic mass is 10.1. The van der Waals surface area contributed by atoms with Crippen LogP contribution >= 0.6 is 0 Å². The Balaban J connectivity index is 2.18. The lowest BCUT2D eigenvalue weighted by Crippen LogP contribution is -2.46. The van der Waals surface area contributed by atoms with Gasteiger partial charge in [-0.1, -0.05) is 33.6 Å². The maximum Gasteiger partial charge on any atom is 0.373 e. The highest BCUT2D eigenvalue weighted by Crippen LogP contribution is 2.41. The molecule has 0 aromatic heterocycles. The number of carboxylic acid groups (broad SMARTS) is 1. The van der Waals surface area contributed by atoms with Crippen LogP contribution < -0.4 is 5.73 Å². The monoisotopic (exact) mass is 355 g/mol. The minimum atomic E-state index is -2.10. The number of amidine groups is 1. The van der Waals surface area contributed by atoms with Crippen molar-refractivity contribution >= 4 is 26.0 Å². The number of carbonyl (C=O) groups excluding carboxylic acids is 1. The first kappa shape index (κ1) is 18.9. The maximum atomic E-state index is 12.7. The zero-order valence-corrected chi connectivity index (χ0v) is 16.2. The molecule has 0 bridgehead atoms. The maximum absolute atomic E-state index is 12.7. The van der Waals surface area contributed by atoms with Crippen LogP contribution in [-0.2, 0) is 14.0 Å². The Morgan fingerprint density at radius 3 is 2.46 bits per heavy atom. The van der Waals surface area contributed by atoms with E-state index >= 15 is 0 Å². The van der Waals surface area contributed by atoms with Crippen LogP contribution in [0.4, 0.5) is 0 Å². The van der Waals surface area contributed by atoms with Crippen LogP contribution in [0.5, 0.6) is 0 Å². The third-order valence-corrected chi connectivity index (χ3v) is 9.80. The highest BCUT2D eigenvalue weighted by Gasteiger charge is 2.48. The molecule has 0 aromatic carbocycles. The van der Waals surface area contributed by atoms with Gasteiger partial charge < -0.3 is 15.3 Å². The number of hydrazone groups is 1. The minimum absolute atomic E-state index is 0.00392. The number of aliphatic carboxylic acids is 1. The number of hydrogen-bond donors (Lipinski definition) is 2. The molecule has 1 saturated carbocycles. The zero-order valence-electron chi connectivity index (χ0n) is 15.2. The van der Waals surface area contributed by atoms with Crippen LogP contribution in [0.2, 0.25) is 18.1 Å². The molecule has 24 heavy (non-hydrogen) atoms. The van der Waals surface area contributed by atoms with E-state index in [4.69, 9.17) is 15.3 Å². The molecule has 1 heterocycles. The molecule has 1 amide bonds. The van der Waals surface area contributed by atoms with Gasteiger partial charge in [0.1, 0.15) is 6.10 Å². The topological polar surface area (TPSA) is 105 Å². The van der Waals surface area contributed by atoms with Gasteiger partial charge in [0.05, 0.1) is 6.04 Å². The first-order chi connectivity index (χ1) is 10.9. The van der Waals surface area contributed by atoms with Crippen LogP contribution in [0.15, 0.2) is 5.10 Å². The molecule has 2 rings (SSSR count). The van der Waals surface area contributed by atoms with E-state index in [2.05, 4.69) is 39.0 Å². The SMILES string of the molecule is CC(C)(C)[Si](C)(C)OC1CC(CC2CC2)N(N=C(N)C(=O)O)C1=O. The normalized spacial score (nSPS) is 26.1. The lowest BCUT2D eigenvalue weighted by molar-refractivity contribution is -0.134. The third kappa shape index (κ3) is 4.16. The van der Waals surface area contributed by atoms with E-state index in [-0.39, 0.29) is 17.0 Å². The smallest absolute Gasteiger partial charge is 0.373 e. The van der Waals surface area contributed by atoms with Gasteiger partial charge in [0.15, 0.2) is 8.32 Å². The van der Waals surface area contributed by atoms with Crippen LogP contribution in [0.1, 0.15) is 46.5 Å². The largest absolute Gasteiger partial charge is 0.475 e. The summed E-state index contributed by atoms with van der Waals surface area (Å²) >= 11 is 0. The van der Waals surface area contributed by atoms with Gasteiger partial charge in [-0.3, -0.25) is 4.79 Å². The second-order valence-corrected chi connectivity index (χ2v) is 13.2. The number of carbonyl (C=O) groups is 2. The van der Waals surface area contributed by atoms with Gasteiger partial charge >= 0.3 is 5.97 Å². The number of rotatable bonds is 5. The third-order valence-electron chi connectivity index (χ3n) is 5.31. The van der Waals surface area contributed by atoms with E-state index in [0.717, 1.165) is 19.3 Å². The van der Waals surface area contributed by atoms with E-state index in [1.807, 2.05) is 0 Å². The van der Waals surface area contributed by atoms with Crippen molar-refractivity contribution in [1.82, 2.24) is 5.01 Å². The van der Waals surface area contributed by atoms with Crippen molar-refractivity contribution in [2.75, 3.05) is 0 Å². The summed E-state index contributed by atoms with van der Waals surface area (Å²) in [5, 5.41) is 14.1. The quantitative estimate of drug-likeness (QED) is 0.446. The second kappa shape index (κ2) is 6.48. The predicted octanol–water partition coefficient (Wildman–Crippen LogP) is 2.13. The molecular formula is C16H29N3O4Si. The first-order valence-corrected chi connectivity index (χ1v) is 11.4. The van der Waals surface area contributed by atoms with Gasteiger partial charge in [-0.2, -0.15) is 0 Å². The molecule has 0 aromatic rings. The summed E-state index contributed by atoms with van der Waals surface area (Å²) in [7, 11) is -2.10. The van der Waals surface area contributed by atoms with Crippen LogP contribution in [0.3, 0.4) is 0 Å². The van der Waals surface area contributed by atoms with Crippen LogP contribution in [0.25, 0.3) is 0 Å². The number of nitrogens with two attached hydrogens (primary N) is 1. The van der Waals surface area contributed by atoms with Crippen molar-refractivity contribution in [3.8, 4) is 0 Å². The lowest BCUT2D eigenvalue weighted by Gasteiger charge is -2.37. The highest BCUT2D eigenvalue weighted by molar-refractivity contribution is 6.74. The fraction of sp³-hybridized carbons (Fsp3) is 0.812. The summed E-state index contributed by atoms with van der Waals surface area (Å²) in [6, 6.07) is -0.127. The number of hydrogen-bond acceptors (Lipinski definition) is 4. The van der Waals surface area contributed by atoms with Crippen molar-refractivity contribution < 1.29 is 19.1 Å². The standard InChI is InChI=1S/C16H29N3O4Si/c1-16(2,3)24(4,5)23-12-9-11(8-10-6-7-10)19(14(12)20)18-13(17)15(21)22/h10-12H,6-9H2,1-5H3,(H2,17,18)(H,21,22). The van der Waals surface area contributed by atoms with Gasteiger partial charge in [-0.05, 0) is 30.5 Å². The van der Waals surface area contributed by atoms with Crippen LogP contribution in [0, 0.1) is 5.92 Å². The molecule has 0 radical (unpaired) electrons. The number of nitrogens with zero attached hydrogens (tertiary/aromatic N) is 2. The average Bonchev–Trinajstić information content (AvgIpc) is 3.19. The fourth-order valence-electron chi connectivity index (χ4n) is 2.63. The Labute approximate surface area is 144 Å². The molecule has 2 unspecified atom stereocenters. The van der Waals surface area contributed by atoms with Crippen molar-refractivity contribution in [1.29, 1.82) is 0 Å². The molecule has 7 nitrogen and oxygen atoms in total. The van der Waals surface area contributed by atoms with Crippen molar-refractivity contribution in [3.63, 3.8) is 0 Å². The Bertz CT molecular complexity index is 552. The molecule has 3 N–H and O–H groups in total. The summed E-state index contributed by atoms with van der Waals surface area (Å²) in [6.07, 6.45) is 3.15. The van der Waals surface area contributed by atoms with Gasteiger partial charge in [0, 0.05) is 6.42 Å². The average molecular weight is 356 g/mol. The molecule has 0 spiro atoms. The molecule has 136 valence electrons. The van der Waals surface area contributed by atoms with E-state index in [9.17, 15) is 9.59 Å². The van der Waals surface area contributed by atoms with Crippen molar-refractivity contribution in [2.24, 2.45) is 16.8 Å². The molecule has 1 saturated heterocycles. The highest BCUT2D eigenvalue weighted by atomic mass is 28.4. The van der Waals surface area contributed by atoms with E-state index in [1.54, 1.807) is 0 Å². The fourth-order valence-corrected chi connectivity index (χ4v) is 3.89. The van der Waals surface area contributed by atoms with Crippen LogP contribution in [-0.4, -0.2) is 48.3 Å².